The zero-order valence-electron chi connectivity index (χ0n) is 13.3. The van der Waals surface area contributed by atoms with Crippen molar-refractivity contribution in [2.45, 2.75) is 11.4 Å². The highest BCUT2D eigenvalue weighted by atomic mass is 35.5. The van der Waals surface area contributed by atoms with Crippen LogP contribution in [0.25, 0.3) is 0 Å². The molecule has 2 aromatic rings. The summed E-state index contributed by atoms with van der Waals surface area (Å²) in [5.41, 5.74) is 0. The molecule has 1 aromatic heterocycles. The molecule has 0 bridgehead atoms. The number of hydrogen-bond acceptors (Lipinski definition) is 5. The predicted octanol–water partition coefficient (Wildman–Crippen LogP) is 2.92. The fourth-order valence-electron chi connectivity index (χ4n) is 2.68. The van der Waals surface area contributed by atoms with E-state index in [0.29, 0.717) is 36.8 Å². The molecule has 130 valence electrons. The van der Waals surface area contributed by atoms with Gasteiger partial charge >= 0.3 is 0 Å². The molecule has 0 atom stereocenters. The van der Waals surface area contributed by atoms with Gasteiger partial charge in [0.2, 0.25) is 10.0 Å². The molecule has 0 radical (unpaired) electrons. The predicted molar refractivity (Wildman–Crippen MR) is 96.4 cm³/mol. The summed E-state index contributed by atoms with van der Waals surface area (Å²) in [5, 5.41) is 0. The van der Waals surface area contributed by atoms with E-state index >= 15 is 0 Å². The summed E-state index contributed by atoms with van der Waals surface area (Å²) in [6.07, 6.45) is 0. The highest BCUT2D eigenvalue weighted by Crippen LogP contribution is 2.24. The van der Waals surface area contributed by atoms with Crippen molar-refractivity contribution < 1.29 is 13.2 Å². The monoisotopic (exact) mass is 386 g/mol. The van der Waals surface area contributed by atoms with Gasteiger partial charge in [-0.3, -0.25) is 4.90 Å². The lowest BCUT2D eigenvalue weighted by Crippen LogP contribution is -2.48. The summed E-state index contributed by atoms with van der Waals surface area (Å²) in [4.78, 5) is 3.76. The molecule has 1 aliphatic rings. The first kappa shape index (κ1) is 17.7. The quantitative estimate of drug-likeness (QED) is 0.792. The molecule has 1 aromatic carbocycles. The van der Waals surface area contributed by atoms with E-state index < -0.39 is 10.0 Å². The van der Waals surface area contributed by atoms with Crippen LogP contribution in [0, 0.1) is 0 Å². The van der Waals surface area contributed by atoms with Gasteiger partial charge in [0.25, 0.3) is 0 Å². The van der Waals surface area contributed by atoms with Gasteiger partial charge in [0.1, 0.15) is 5.75 Å². The lowest BCUT2D eigenvalue weighted by molar-refractivity contribution is 0.183. The Labute approximate surface area is 151 Å². The maximum atomic E-state index is 12.7. The number of piperazine rings is 1. The molecule has 1 saturated heterocycles. The Balaban J connectivity index is 1.62. The number of hydrogen-bond donors (Lipinski definition) is 0. The third-order valence-corrected chi connectivity index (χ3v) is 7.17. The van der Waals surface area contributed by atoms with Crippen LogP contribution in [-0.4, -0.2) is 50.9 Å². The summed E-state index contributed by atoms with van der Waals surface area (Å²) < 4.78 is 32.8. The second-order valence-corrected chi connectivity index (χ2v) is 9.30. The van der Waals surface area contributed by atoms with Crippen LogP contribution in [0.15, 0.2) is 41.3 Å². The highest BCUT2D eigenvalue weighted by molar-refractivity contribution is 7.89. The fourth-order valence-corrected chi connectivity index (χ4v) is 5.23. The lowest BCUT2D eigenvalue weighted by Gasteiger charge is -2.33. The number of methoxy groups -OCH3 is 1. The van der Waals surface area contributed by atoms with Gasteiger partial charge in [-0.05, 0) is 36.4 Å². The van der Waals surface area contributed by atoms with Crippen molar-refractivity contribution in [3.05, 3.63) is 45.6 Å². The number of sulfonamides is 1. The maximum Gasteiger partial charge on any atom is 0.243 e. The Morgan fingerprint density at radius 3 is 2.29 bits per heavy atom. The number of nitrogens with zero attached hydrogens (tertiary/aromatic N) is 2. The number of benzene rings is 1. The molecule has 0 N–H and O–H groups in total. The van der Waals surface area contributed by atoms with E-state index in [2.05, 4.69) is 4.90 Å². The van der Waals surface area contributed by atoms with E-state index in [4.69, 9.17) is 16.3 Å². The van der Waals surface area contributed by atoms with E-state index in [1.807, 2.05) is 12.1 Å². The van der Waals surface area contributed by atoms with Gasteiger partial charge in [0, 0.05) is 37.6 Å². The molecule has 1 fully saturated rings. The van der Waals surface area contributed by atoms with Gasteiger partial charge in [0.05, 0.1) is 16.3 Å². The molecule has 0 saturated carbocycles. The van der Waals surface area contributed by atoms with E-state index in [-0.39, 0.29) is 0 Å². The Kier molecular flexibility index (Phi) is 5.46. The van der Waals surface area contributed by atoms with Crippen molar-refractivity contribution in [2.24, 2.45) is 0 Å². The molecule has 0 amide bonds. The molecule has 3 rings (SSSR count). The topological polar surface area (TPSA) is 49.9 Å². The summed E-state index contributed by atoms with van der Waals surface area (Å²) in [5.74, 6) is 0.647. The number of thiophene rings is 1. The Bertz CT molecular complexity index is 782. The van der Waals surface area contributed by atoms with E-state index in [1.165, 1.54) is 4.88 Å². The molecule has 0 spiro atoms. The van der Waals surface area contributed by atoms with Crippen molar-refractivity contribution in [1.29, 1.82) is 0 Å². The fraction of sp³-hybridized carbons (Fsp3) is 0.375. The Hall–Kier alpha value is -1.12. The molecule has 8 heteroatoms. The smallest absolute Gasteiger partial charge is 0.243 e. The SMILES string of the molecule is COc1ccc(S(=O)(=O)N2CCN(Cc3ccc(Cl)s3)CC2)cc1. The minimum atomic E-state index is -3.45. The number of halogens is 1. The second-order valence-electron chi connectivity index (χ2n) is 5.56. The Morgan fingerprint density at radius 2 is 1.75 bits per heavy atom. The zero-order chi connectivity index (χ0) is 17.2. The molecule has 1 aliphatic heterocycles. The van der Waals surface area contributed by atoms with Crippen molar-refractivity contribution in [3.63, 3.8) is 0 Å². The standard InChI is InChI=1S/C16H19ClN2O3S2/c1-22-13-2-5-15(6-3-13)24(20,21)19-10-8-18(9-11-19)12-14-4-7-16(17)23-14/h2-7H,8-12H2,1H3. The summed E-state index contributed by atoms with van der Waals surface area (Å²) in [6.45, 7) is 3.23. The van der Waals surface area contributed by atoms with Crippen LogP contribution in [-0.2, 0) is 16.6 Å². The van der Waals surface area contributed by atoms with Crippen LogP contribution in [0.5, 0.6) is 5.75 Å². The highest BCUT2D eigenvalue weighted by Gasteiger charge is 2.28. The molecule has 0 aliphatic carbocycles. The van der Waals surface area contributed by atoms with Gasteiger partial charge in [-0.15, -0.1) is 11.3 Å². The average Bonchev–Trinajstić information content (AvgIpc) is 3.00. The first-order chi connectivity index (χ1) is 11.5. The average molecular weight is 387 g/mol. The van der Waals surface area contributed by atoms with E-state index in [9.17, 15) is 8.42 Å². The van der Waals surface area contributed by atoms with Crippen LogP contribution < -0.4 is 4.74 Å². The summed E-state index contributed by atoms with van der Waals surface area (Å²) in [7, 11) is -1.89. The maximum absolute atomic E-state index is 12.7. The van der Waals surface area contributed by atoms with Crippen LogP contribution in [0.1, 0.15) is 4.88 Å². The van der Waals surface area contributed by atoms with Gasteiger partial charge in [-0.2, -0.15) is 4.31 Å². The molecular weight excluding hydrogens is 368 g/mol. The minimum absolute atomic E-state index is 0.307. The van der Waals surface area contributed by atoms with E-state index in [1.54, 1.807) is 47.0 Å². The largest absolute Gasteiger partial charge is 0.497 e. The van der Waals surface area contributed by atoms with Gasteiger partial charge in [0.15, 0.2) is 0 Å². The molecule has 2 heterocycles. The molecule has 5 nitrogen and oxygen atoms in total. The second kappa shape index (κ2) is 7.41. The van der Waals surface area contributed by atoms with Crippen LogP contribution in [0.4, 0.5) is 0 Å². The first-order valence-electron chi connectivity index (χ1n) is 7.60. The van der Waals surface area contributed by atoms with Crippen LogP contribution in [0.3, 0.4) is 0 Å². The number of ether oxygens (including phenoxy) is 1. The van der Waals surface area contributed by atoms with E-state index in [0.717, 1.165) is 10.9 Å². The van der Waals surface area contributed by atoms with Crippen LogP contribution >= 0.6 is 22.9 Å². The van der Waals surface area contributed by atoms with Crippen molar-refractivity contribution in [1.82, 2.24) is 9.21 Å². The van der Waals surface area contributed by atoms with Gasteiger partial charge < -0.3 is 4.74 Å². The van der Waals surface area contributed by atoms with Crippen LogP contribution in [0.2, 0.25) is 4.34 Å². The van der Waals surface area contributed by atoms with Gasteiger partial charge in [-0.1, -0.05) is 11.6 Å². The summed E-state index contributed by atoms with van der Waals surface area (Å²) >= 11 is 7.52. The van der Waals surface area contributed by atoms with Gasteiger partial charge in [-0.25, -0.2) is 8.42 Å². The molecule has 24 heavy (non-hydrogen) atoms. The normalized spacial score (nSPS) is 17.1. The first-order valence-corrected chi connectivity index (χ1v) is 10.2. The van der Waals surface area contributed by atoms with Crippen molar-refractivity contribution in [3.8, 4) is 5.75 Å². The molecular formula is C16H19ClN2O3S2. The third-order valence-electron chi connectivity index (χ3n) is 4.04. The van der Waals surface area contributed by atoms with Crippen molar-refractivity contribution in [2.75, 3.05) is 33.3 Å². The zero-order valence-corrected chi connectivity index (χ0v) is 15.7. The summed E-state index contributed by atoms with van der Waals surface area (Å²) in [6, 6.07) is 10.4. The number of rotatable bonds is 5. The van der Waals surface area contributed by atoms with Crippen molar-refractivity contribution >= 4 is 33.0 Å². The third kappa shape index (κ3) is 3.92. The Morgan fingerprint density at radius 1 is 1.08 bits per heavy atom. The lowest BCUT2D eigenvalue weighted by atomic mass is 10.3. The minimum Gasteiger partial charge on any atom is -0.497 e. The molecule has 0 unspecified atom stereocenters.